The van der Waals surface area contributed by atoms with Crippen LogP contribution < -0.4 is 4.74 Å². The monoisotopic (exact) mass is 306 g/mol. The van der Waals surface area contributed by atoms with Crippen LogP contribution in [0.5, 0.6) is 5.75 Å². The van der Waals surface area contributed by atoms with Crippen molar-refractivity contribution in [2.75, 3.05) is 6.61 Å². The fourth-order valence-corrected chi connectivity index (χ4v) is 2.67. The van der Waals surface area contributed by atoms with Crippen LogP contribution in [-0.4, -0.2) is 16.4 Å². The van der Waals surface area contributed by atoms with Gasteiger partial charge in [0.25, 0.3) is 0 Å². The Morgan fingerprint density at radius 1 is 0.957 bits per heavy atom. The van der Waals surface area contributed by atoms with Gasteiger partial charge in [0.15, 0.2) is 0 Å². The minimum absolute atomic E-state index is 0.723. The zero-order valence-corrected chi connectivity index (χ0v) is 13.5. The van der Waals surface area contributed by atoms with Gasteiger partial charge in [-0.2, -0.15) is 5.10 Å². The molecular formula is C20H22N2O. The van der Waals surface area contributed by atoms with Crippen molar-refractivity contribution >= 4 is 0 Å². The molecule has 1 aromatic heterocycles. The molecule has 0 fully saturated rings. The molecule has 0 radical (unpaired) electrons. The first kappa shape index (κ1) is 15.3. The molecule has 0 spiro atoms. The van der Waals surface area contributed by atoms with Gasteiger partial charge in [-0.05, 0) is 35.6 Å². The summed E-state index contributed by atoms with van der Waals surface area (Å²) in [7, 11) is 1.94. The van der Waals surface area contributed by atoms with Crippen LogP contribution in [0.15, 0.2) is 67.0 Å². The predicted molar refractivity (Wildman–Crippen MR) is 92.7 cm³/mol. The maximum atomic E-state index is 6.01. The highest BCUT2D eigenvalue weighted by atomic mass is 16.5. The van der Waals surface area contributed by atoms with E-state index in [2.05, 4.69) is 53.8 Å². The highest BCUT2D eigenvalue weighted by Crippen LogP contribution is 2.21. The van der Waals surface area contributed by atoms with Crippen molar-refractivity contribution in [2.24, 2.45) is 7.05 Å². The molecule has 3 nitrogen and oxygen atoms in total. The summed E-state index contributed by atoms with van der Waals surface area (Å²) in [6.45, 7) is 0.723. The third-order valence-corrected chi connectivity index (χ3v) is 3.84. The fourth-order valence-electron chi connectivity index (χ4n) is 2.67. The van der Waals surface area contributed by atoms with E-state index in [9.17, 15) is 0 Å². The molecular weight excluding hydrogens is 284 g/mol. The molecule has 0 saturated carbocycles. The standard InChI is InChI=1S/C20H22N2O/c1-22-16-18(15-21-22)10-7-13-23-20-12-6-5-11-19(20)14-17-8-3-2-4-9-17/h2-6,8-9,11-12,15-16H,7,10,13-14H2,1H3. The van der Waals surface area contributed by atoms with Gasteiger partial charge in [0.2, 0.25) is 0 Å². The second-order valence-corrected chi connectivity index (χ2v) is 5.74. The van der Waals surface area contributed by atoms with Gasteiger partial charge < -0.3 is 4.74 Å². The van der Waals surface area contributed by atoms with Gasteiger partial charge in [-0.25, -0.2) is 0 Å². The number of rotatable bonds is 7. The lowest BCUT2D eigenvalue weighted by atomic mass is 10.0. The Labute approximate surface area is 137 Å². The van der Waals surface area contributed by atoms with E-state index >= 15 is 0 Å². The van der Waals surface area contributed by atoms with E-state index in [0.717, 1.165) is 31.6 Å². The summed E-state index contributed by atoms with van der Waals surface area (Å²) in [5.74, 6) is 0.988. The lowest BCUT2D eigenvalue weighted by molar-refractivity contribution is 0.308. The first-order valence-corrected chi connectivity index (χ1v) is 8.03. The van der Waals surface area contributed by atoms with E-state index in [1.165, 1.54) is 16.7 Å². The quantitative estimate of drug-likeness (QED) is 0.616. The van der Waals surface area contributed by atoms with Crippen molar-refractivity contribution in [3.63, 3.8) is 0 Å². The molecule has 0 aliphatic heterocycles. The van der Waals surface area contributed by atoms with Gasteiger partial charge in [-0.3, -0.25) is 4.68 Å². The Hall–Kier alpha value is -2.55. The molecule has 3 aromatic rings. The van der Waals surface area contributed by atoms with Gasteiger partial charge in [-0.15, -0.1) is 0 Å². The number of aryl methyl sites for hydroxylation is 2. The number of benzene rings is 2. The number of hydrogen-bond donors (Lipinski definition) is 0. The van der Waals surface area contributed by atoms with Crippen LogP contribution in [0, 0.1) is 0 Å². The van der Waals surface area contributed by atoms with Crippen LogP contribution in [0.2, 0.25) is 0 Å². The van der Waals surface area contributed by atoms with Gasteiger partial charge in [-0.1, -0.05) is 48.5 Å². The minimum Gasteiger partial charge on any atom is -0.493 e. The molecule has 0 unspecified atom stereocenters. The van der Waals surface area contributed by atoms with E-state index < -0.39 is 0 Å². The van der Waals surface area contributed by atoms with Crippen molar-refractivity contribution < 1.29 is 4.74 Å². The lowest BCUT2D eigenvalue weighted by Gasteiger charge is -2.11. The molecule has 2 aromatic carbocycles. The highest BCUT2D eigenvalue weighted by molar-refractivity contribution is 5.37. The normalized spacial score (nSPS) is 10.7. The Morgan fingerprint density at radius 3 is 2.52 bits per heavy atom. The number of nitrogens with zero attached hydrogens (tertiary/aromatic N) is 2. The summed E-state index contributed by atoms with van der Waals surface area (Å²) in [5.41, 5.74) is 3.80. The average Bonchev–Trinajstić information content (AvgIpc) is 2.99. The zero-order valence-electron chi connectivity index (χ0n) is 13.5. The molecule has 1 heterocycles. The van der Waals surface area contributed by atoms with Crippen LogP contribution in [0.3, 0.4) is 0 Å². The Bertz CT molecular complexity index is 734. The maximum absolute atomic E-state index is 6.01. The van der Waals surface area contributed by atoms with Crippen molar-refractivity contribution in [1.82, 2.24) is 9.78 Å². The predicted octanol–water partition coefficient (Wildman–Crippen LogP) is 4.02. The van der Waals surface area contributed by atoms with E-state index in [0.29, 0.717) is 0 Å². The number of hydrogen-bond acceptors (Lipinski definition) is 2. The van der Waals surface area contributed by atoms with E-state index in [1.807, 2.05) is 30.1 Å². The van der Waals surface area contributed by atoms with E-state index in [1.54, 1.807) is 0 Å². The molecule has 0 aliphatic carbocycles. The molecule has 3 rings (SSSR count). The van der Waals surface area contributed by atoms with Crippen LogP contribution in [0.25, 0.3) is 0 Å². The van der Waals surface area contributed by atoms with Gasteiger partial charge in [0.1, 0.15) is 5.75 Å². The topological polar surface area (TPSA) is 27.1 Å². The summed E-state index contributed by atoms with van der Waals surface area (Å²) >= 11 is 0. The van der Waals surface area contributed by atoms with Crippen molar-refractivity contribution in [2.45, 2.75) is 19.3 Å². The molecule has 0 amide bonds. The second kappa shape index (κ2) is 7.63. The van der Waals surface area contributed by atoms with Crippen molar-refractivity contribution in [3.8, 4) is 5.75 Å². The summed E-state index contributed by atoms with van der Waals surface area (Å²) in [6, 6.07) is 18.8. The molecule has 0 bridgehead atoms. The van der Waals surface area contributed by atoms with Gasteiger partial charge in [0.05, 0.1) is 12.8 Å². The number of ether oxygens (including phenoxy) is 1. The van der Waals surface area contributed by atoms with Gasteiger partial charge >= 0.3 is 0 Å². The first-order valence-electron chi connectivity index (χ1n) is 8.03. The van der Waals surface area contributed by atoms with E-state index in [-0.39, 0.29) is 0 Å². The Balaban J connectivity index is 1.55. The zero-order chi connectivity index (χ0) is 15.9. The summed E-state index contributed by atoms with van der Waals surface area (Å²) in [5, 5.41) is 4.19. The molecule has 118 valence electrons. The average molecular weight is 306 g/mol. The van der Waals surface area contributed by atoms with Crippen LogP contribution in [0.4, 0.5) is 0 Å². The molecule has 23 heavy (non-hydrogen) atoms. The third-order valence-electron chi connectivity index (χ3n) is 3.84. The fraction of sp³-hybridized carbons (Fsp3) is 0.250. The molecule has 0 N–H and O–H groups in total. The molecule has 0 atom stereocenters. The van der Waals surface area contributed by atoms with Gasteiger partial charge in [0, 0.05) is 19.7 Å². The van der Waals surface area contributed by atoms with Crippen molar-refractivity contribution in [1.29, 1.82) is 0 Å². The maximum Gasteiger partial charge on any atom is 0.122 e. The lowest BCUT2D eigenvalue weighted by Crippen LogP contribution is -2.02. The largest absolute Gasteiger partial charge is 0.493 e. The van der Waals surface area contributed by atoms with Crippen molar-refractivity contribution in [3.05, 3.63) is 83.7 Å². The molecule has 0 aliphatic rings. The number of aromatic nitrogens is 2. The number of para-hydroxylation sites is 1. The SMILES string of the molecule is Cn1cc(CCCOc2ccccc2Cc2ccccc2)cn1. The van der Waals surface area contributed by atoms with E-state index in [4.69, 9.17) is 4.74 Å². The highest BCUT2D eigenvalue weighted by Gasteiger charge is 2.04. The summed E-state index contributed by atoms with van der Waals surface area (Å²) in [6.07, 6.45) is 6.87. The third kappa shape index (κ3) is 4.46. The minimum atomic E-state index is 0.723. The Kier molecular flexibility index (Phi) is 5.09. The Morgan fingerprint density at radius 2 is 1.74 bits per heavy atom. The molecule has 0 saturated heterocycles. The summed E-state index contributed by atoms with van der Waals surface area (Å²) < 4.78 is 7.85. The smallest absolute Gasteiger partial charge is 0.122 e. The molecule has 3 heteroatoms. The van der Waals surface area contributed by atoms with Crippen LogP contribution in [0.1, 0.15) is 23.1 Å². The van der Waals surface area contributed by atoms with Crippen LogP contribution >= 0.6 is 0 Å². The summed E-state index contributed by atoms with van der Waals surface area (Å²) in [4.78, 5) is 0. The second-order valence-electron chi connectivity index (χ2n) is 5.74. The van der Waals surface area contributed by atoms with Crippen LogP contribution in [-0.2, 0) is 19.9 Å². The first-order chi connectivity index (χ1) is 11.3.